The highest BCUT2D eigenvalue weighted by molar-refractivity contribution is 5.83. The highest BCUT2D eigenvalue weighted by atomic mass is 16.5. The van der Waals surface area contributed by atoms with Gasteiger partial charge in [0, 0.05) is 6.42 Å². The van der Waals surface area contributed by atoms with Crippen molar-refractivity contribution in [1.29, 1.82) is 0 Å². The van der Waals surface area contributed by atoms with E-state index in [1.807, 2.05) is 30.3 Å². The number of hydrogen-bond acceptors (Lipinski definition) is 5. The van der Waals surface area contributed by atoms with E-state index in [9.17, 15) is 9.59 Å². The maximum atomic E-state index is 11.4. The Hall–Kier alpha value is -1.96. The van der Waals surface area contributed by atoms with Gasteiger partial charge < -0.3 is 21.3 Å². The minimum atomic E-state index is -1.49. The molecule has 6 N–H and O–H groups in total. The van der Waals surface area contributed by atoms with Gasteiger partial charge in [0.15, 0.2) is 0 Å². The van der Waals surface area contributed by atoms with Crippen LogP contribution in [0.5, 0.6) is 0 Å². The number of carbonyl (C=O) groups is 2. The van der Waals surface area contributed by atoms with E-state index in [1.54, 1.807) is 6.92 Å². The Kier molecular flexibility index (Phi) is 6.97. The first-order chi connectivity index (χ1) is 10.4. The van der Waals surface area contributed by atoms with Gasteiger partial charge in [-0.15, -0.1) is 0 Å². The molecule has 0 aliphatic heterocycles. The molecule has 1 amide bonds. The molecule has 0 heterocycles. The second kappa shape index (κ2) is 8.47. The lowest BCUT2D eigenvalue weighted by Gasteiger charge is -2.27. The van der Waals surface area contributed by atoms with E-state index in [-0.39, 0.29) is 19.6 Å². The number of carbonyl (C=O) groups excluding carboxylic acids is 1. The Morgan fingerprint density at radius 2 is 2.00 bits per heavy atom. The van der Waals surface area contributed by atoms with Crippen molar-refractivity contribution >= 4 is 11.9 Å². The number of aliphatic carboxylic acids is 1. The van der Waals surface area contributed by atoms with Crippen molar-refractivity contribution in [1.82, 2.24) is 5.32 Å². The first-order valence-electron chi connectivity index (χ1n) is 7.05. The second-order valence-corrected chi connectivity index (χ2v) is 5.16. The van der Waals surface area contributed by atoms with Crippen LogP contribution in [0, 0.1) is 0 Å². The van der Waals surface area contributed by atoms with Gasteiger partial charge in [0.2, 0.25) is 5.91 Å². The Bertz CT molecular complexity index is 495. The van der Waals surface area contributed by atoms with E-state index in [0.717, 1.165) is 5.56 Å². The number of rotatable bonds is 10. The number of benzene rings is 1. The molecule has 122 valence electrons. The number of ether oxygens (including phenoxy) is 1. The van der Waals surface area contributed by atoms with Crippen molar-refractivity contribution in [3.63, 3.8) is 0 Å². The largest absolute Gasteiger partial charge is 0.480 e. The minimum absolute atomic E-state index is 0.0713. The third-order valence-electron chi connectivity index (χ3n) is 3.51. The molecule has 22 heavy (non-hydrogen) atoms. The summed E-state index contributed by atoms with van der Waals surface area (Å²) < 4.78 is 5.40. The van der Waals surface area contributed by atoms with E-state index >= 15 is 0 Å². The molecule has 0 bridgehead atoms. The van der Waals surface area contributed by atoms with E-state index in [1.165, 1.54) is 0 Å². The van der Waals surface area contributed by atoms with Crippen LogP contribution in [0.2, 0.25) is 0 Å². The zero-order valence-corrected chi connectivity index (χ0v) is 12.6. The van der Waals surface area contributed by atoms with Gasteiger partial charge in [-0.05, 0) is 12.0 Å². The molecule has 0 saturated heterocycles. The van der Waals surface area contributed by atoms with Crippen LogP contribution in [0.15, 0.2) is 30.3 Å². The van der Waals surface area contributed by atoms with E-state index in [2.05, 4.69) is 5.32 Å². The molecule has 0 spiro atoms. The van der Waals surface area contributed by atoms with E-state index in [0.29, 0.717) is 6.61 Å². The van der Waals surface area contributed by atoms with Crippen LogP contribution < -0.4 is 16.8 Å². The van der Waals surface area contributed by atoms with Gasteiger partial charge in [-0.25, -0.2) is 0 Å². The number of amides is 1. The van der Waals surface area contributed by atoms with Crippen molar-refractivity contribution in [2.24, 2.45) is 11.5 Å². The maximum absolute atomic E-state index is 11.4. The smallest absolute Gasteiger partial charge is 0.323 e. The lowest BCUT2D eigenvalue weighted by Crippen LogP contribution is -2.55. The third-order valence-corrected chi connectivity index (χ3v) is 3.51. The summed E-state index contributed by atoms with van der Waals surface area (Å²) in [5.74, 6) is -1.82. The molecular weight excluding hydrogens is 286 g/mol. The topological polar surface area (TPSA) is 128 Å². The molecule has 0 aliphatic carbocycles. The van der Waals surface area contributed by atoms with Crippen LogP contribution in [0.1, 0.15) is 25.3 Å². The van der Waals surface area contributed by atoms with Crippen LogP contribution in [-0.4, -0.2) is 35.3 Å². The molecule has 0 fully saturated rings. The average Bonchev–Trinajstić information content (AvgIpc) is 2.50. The molecule has 0 aromatic heterocycles. The Labute approximate surface area is 129 Å². The molecule has 1 aromatic rings. The van der Waals surface area contributed by atoms with Gasteiger partial charge in [0.25, 0.3) is 0 Å². The predicted molar refractivity (Wildman–Crippen MR) is 81.7 cm³/mol. The first-order valence-corrected chi connectivity index (χ1v) is 7.05. The highest BCUT2D eigenvalue weighted by Gasteiger charge is 2.36. The summed E-state index contributed by atoms with van der Waals surface area (Å²) in [6.45, 7) is 2.10. The summed E-state index contributed by atoms with van der Waals surface area (Å²) in [7, 11) is 0. The minimum Gasteiger partial charge on any atom is -0.480 e. The number of nitrogens with two attached hydrogens (primary N) is 2. The van der Waals surface area contributed by atoms with Gasteiger partial charge in [-0.1, -0.05) is 37.3 Å². The summed E-state index contributed by atoms with van der Waals surface area (Å²) in [5.41, 5.74) is 10.6. The van der Waals surface area contributed by atoms with E-state index < -0.39 is 23.5 Å². The molecule has 0 radical (unpaired) electrons. The van der Waals surface area contributed by atoms with Crippen molar-refractivity contribution in [3.05, 3.63) is 35.9 Å². The van der Waals surface area contributed by atoms with Crippen molar-refractivity contribution < 1.29 is 19.4 Å². The molecular formula is C15H23N3O4. The summed E-state index contributed by atoms with van der Waals surface area (Å²) in [5, 5.41) is 11.9. The highest BCUT2D eigenvalue weighted by Crippen LogP contribution is 2.15. The van der Waals surface area contributed by atoms with E-state index in [4.69, 9.17) is 21.3 Å². The fraction of sp³-hybridized carbons (Fsp3) is 0.467. The number of carboxylic acids is 1. The third kappa shape index (κ3) is 5.44. The van der Waals surface area contributed by atoms with Gasteiger partial charge in [-0.3, -0.25) is 14.9 Å². The molecule has 1 unspecified atom stereocenters. The Balaban J connectivity index is 2.48. The molecule has 2 atom stereocenters. The van der Waals surface area contributed by atoms with Crippen LogP contribution in [0.3, 0.4) is 0 Å². The summed E-state index contributed by atoms with van der Waals surface area (Å²) in [6, 6.07) is 8.67. The average molecular weight is 309 g/mol. The number of primary amides is 1. The normalized spacial score (nSPS) is 15.0. The van der Waals surface area contributed by atoms with Crippen LogP contribution in [-0.2, 0) is 20.9 Å². The summed E-state index contributed by atoms with van der Waals surface area (Å²) in [6.07, 6.45) is 0.0987. The molecule has 7 nitrogen and oxygen atoms in total. The fourth-order valence-electron chi connectivity index (χ4n) is 1.92. The quantitative estimate of drug-likeness (QED) is 0.361. The zero-order valence-electron chi connectivity index (χ0n) is 12.6. The summed E-state index contributed by atoms with van der Waals surface area (Å²) >= 11 is 0. The Morgan fingerprint density at radius 3 is 2.50 bits per heavy atom. The van der Waals surface area contributed by atoms with Crippen molar-refractivity contribution in [3.8, 4) is 0 Å². The molecule has 1 aromatic carbocycles. The first kappa shape index (κ1) is 18.1. The van der Waals surface area contributed by atoms with Crippen LogP contribution in [0.25, 0.3) is 0 Å². The second-order valence-electron chi connectivity index (χ2n) is 5.16. The molecule has 0 saturated carbocycles. The monoisotopic (exact) mass is 309 g/mol. The number of hydrogen-bond donors (Lipinski definition) is 4. The maximum Gasteiger partial charge on any atom is 0.323 e. The zero-order chi connectivity index (χ0) is 16.6. The number of nitrogens with one attached hydrogen (secondary N) is 1. The van der Waals surface area contributed by atoms with Gasteiger partial charge in [0.1, 0.15) is 5.54 Å². The molecule has 1 rings (SSSR count). The number of carboxylic acid groups (broad SMARTS) is 1. The lowest BCUT2D eigenvalue weighted by atomic mass is 9.89. The van der Waals surface area contributed by atoms with Crippen molar-refractivity contribution in [2.45, 2.75) is 38.0 Å². The fourth-order valence-corrected chi connectivity index (χ4v) is 1.92. The van der Waals surface area contributed by atoms with Gasteiger partial charge >= 0.3 is 5.97 Å². The van der Waals surface area contributed by atoms with Crippen molar-refractivity contribution in [2.75, 3.05) is 6.73 Å². The summed E-state index contributed by atoms with van der Waals surface area (Å²) in [4.78, 5) is 22.6. The standard InChI is InChI=1S/C15H23N3O4/c1-2-15(17,14(20)21)8-12(13(16)19)18-10-22-9-11-6-4-3-5-7-11/h3-7,12,18H,2,8-10,17H2,1H3,(H2,16,19)(H,20,21)/t12-,15?/m0/s1. The molecule has 7 heteroatoms. The predicted octanol–water partition coefficient (Wildman–Crippen LogP) is 0.186. The Morgan fingerprint density at radius 1 is 1.36 bits per heavy atom. The molecule has 0 aliphatic rings. The van der Waals surface area contributed by atoms with Crippen LogP contribution in [0.4, 0.5) is 0 Å². The van der Waals surface area contributed by atoms with Gasteiger partial charge in [-0.2, -0.15) is 0 Å². The lowest BCUT2D eigenvalue weighted by molar-refractivity contribution is -0.144. The van der Waals surface area contributed by atoms with Gasteiger partial charge in [0.05, 0.1) is 19.4 Å². The SMILES string of the molecule is CCC(N)(C[C@H](NCOCc1ccccc1)C(N)=O)C(=O)O. The van der Waals surface area contributed by atoms with Crippen LogP contribution >= 0.6 is 0 Å².